The number of methoxy groups -OCH3 is 1. The van der Waals surface area contributed by atoms with Crippen LogP contribution >= 0.6 is 11.3 Å². The Kier molecular flexibility index (Phi) is 5.87. The van der Waals surface area contributed by atoms with Crippen LogP contribution in [0.1, 0.15) is 18.6 Å². The lowest BCUT2D eigenvalue weighted by Crippen LogP contribution is -2.45. The van der Waals surface area contributed by atoms with E-state index in [-0.39, 0.29) is 17.4 Å². The van der Waals surface area contributed by atoms with Crippen LogP contribution in [0.2, 0.25) is 0 Å². The summed E-state index contributed by atoms with van der Waals surface area (Å²) in [7, 11) is 1.60. The molecule has 3 aromatic heterocycles. The summed E-state index contributed by atoms with van der Waals surface area (Å²) in [5.74, 6) is 1.69. The van der Waals surface area contributed by atoms with E-state index in [2.05, 4.69) is 5.32 Å². The van der Waals surface area contributed by atoms with Gasteiger partial charge in [-0.05, 0) is 48.6 Å². The van der Waals surface area contributed by atoms with Crippen molar-refractivity contribution in [3.05, 3.63) is 70.2 Å². The molecule has 9 heteroatoms. The van der Waals surface area contributed by atoms with Gasteiger partial charge in [-0.25, -0.2) is 9.55 Å². The third-order valence-electron chi connectivity index (χ3n) is 5.87. The van der Waals surface area contributed by atoms with E-state index in [1.807, 2.05) is 46.7 Å². The van der Waals surface area contributed by atoms with Crippen LogP contribution in [0.3, 0.4) is 0 Å². The number of hydrogen-bond donors (Lipinski definition) is 1. The molecule has 4 heterocycles. The monoisotopic (exact) mass is 464 g/mol. The summed E-state index contributed by atoms with van der Waals surface area (Å²) in [6.45, 7) is 1.56. The number of piperidine rings is 1. The first-order chi connectivity index (χ1) is 16.1. The van der Waals surface area contributed by atoms with Gasteiger partial charge in [0.25, 0.3) is 5.56 Å². The van der Waals surface area contributed by atoms with Crippen molar-refractivity contribution in [1.82, 2.24) is 14.9 Å². The topological polar surface area (TPSA) is 89.6 Å². The van der Waals surface area contributed by atoms with Gasteiger partial charge in [0.05, 0.1) is 37.0 Å². The van der Waals surface area contributed by atoms with Gasteiger partial charge in [0.1, 0.15) is 16.2 Å². The van der Waals surface area contributed by atoms with Gasteiger partial charge in [0.2, 0.25) is 11.9 Å². The number of amides is 1. The molecule has 0 aliphatic carbocycles. The van der Waals surface area contributed by atoms with Crippen LogP contribution in [0.4, 0.5) is 5.95 Å². The quantitative estimate of drug-likeness (QED) is 0.469. The molecule has 1 aliphatic heterocycles. The SMILES string of the molecule is COc1cccc(-n2c(N3CCC[C@@H](C(=O)NCc4ccco4)C3)nc3ccsc3c2=O)c1. The summed E-state index contributed by atoms with van der Waals surface area (Å²) in [6, 6.07) is 12.9. The predicted molar refractivity (Wildman–Crippen MR) is 127 cm³/mol. The van der Waals surface area contributed by atoms with Crippen molar-refractivity contribution >= 4 is 33.4 Å². The zero-order chi connectivity index (χ0) is 22.8. The van der Waals surface area contributed by atoms with Crippen LogP contribution in [0.25, 0.3) is 15.9 Å². The number of fused-ring (bicyclic) bond motifs is 1. The fourth-order valence-corrected chi connectivity index (χ4v) is 4.96. The minimum Gasteiger partial charge on any atom is -0.497 e. The molecule has 0 saturated carbocycles. The summed E-state index contributed by atoms with van der Waals surface area (Å²) >= 11 is 1.38. The first-order valence-corrected chi connectivity index (χ1v) is 11.7. The van der Waals surface area contributed by atoms with E-state index in [0.717, 1.165) is 12.8 Å². The molecular weight excluding hydrogens is 440 g/mol. The van der Waals surface area contributed by atoms with Crippen molar-refractivity contribution in [2.45, 2.75) is 19.4 Å². The van der Waals surface area contributed by atoms with E-state index >= 15 is 0 Å². The normalized spacial score (nSPS) is 16.2. The number of nitrogens with zero attached hydrogens (tertiary/aromatic N) is 3. The fraction of sp³-hybridized carbons (Fsp3) is 0.292. The summed E-state index contributed by atoms with van der Waals surface area (Å²) in [4.78, 5) is 33.2. The predicted octanol–water partition coefficient (Wildman–Crippen LogP) is 3.58. The summed E-state index contributed by atoms with van der Waals surface area (Å²) in [5.41, 5.74) is 1.23. The van der Waals surface area contributed by atoms with E-state index in [1.54, 1.807) is 24.0 Å². The summed E-state index contributed by atoms with van der Waals surface area (Å²) in [6.07, 6.45) is 3.20. The molecule has 1 atom stereocenters. The fourth-order valence-electron chi connectivity index (χ4n) is 4.20. The van der Waals surface area contributed by atoms with Crippen molar-refractivity contribution in [1.29, 1.82) is 0 Å². The third kappa shape index (κ3) is 4.23. The Bertz CT molecular complexity index is 1330. The Morgan fingerprint density at radius 1 is 1.30 bits per heavy atom. The van der Waals surface area contributed by atoms with E-state index in [4.69, 9.17) is 14.1 Å². The average Bonchev–Trinajstić information content (AvgIpc) is 3.55. The molecule has 0 unspecified atom stereocenters. The van der Waals surface area contributed by atoms with E-state index in [0.29, 0.717) is 53.0 Å². The van der Waals surface area contributed by atoms with Crippen molar-refractivity contribution in [2.24, 2.45) is 5.92 Å². The smallest absolute Gasteiger partial charge is 0.277 e. The zero-order valence-corrected chi connectivity index (χ0v) is 19.0. The molecule has 33 heavy (non-hydrogen) atoms. The van der Waals surface area contributed by atoms with Crippen molar-refractivity contribution in [3.63, 3.8) is 0 Å². The number of aromatic nitrogens is 2. The highest BCUT2D eigenvalue weighted by molar-refractivity contribution is 7.17. The van der Waals surface area contributed by atoms with Gasteiger partial charge in [-0.15, -0.1) is 11.3 Å². The van der Waals surface area contributed by atoms with E-state index in [1.165, 1.54) is 11.3 Å². The number of carbonyl (C=O) groups is 1. The molecular formula is C24H24N4O4S. The molecule has 4 aromatic rings. The lowest BCUT2D eigenvalue weighted by molar-refractivity contribution is -0.125. The third-order valence-corrected chi connectivity index (χ3v) is 6.76. The van der Waals surface area contributed by atoms with Gasteiger partial charge in [0.15, 0.2) is 0 Å². The molecule has 1 amide bonds. The number of carbonyl (C=O) groups excluding carboxylic acids is 1. The number of rotatable bonds is 6. The molecule has 0 bridgehead atoms. The number of benzene rings is 1. The zero-order valence-electron chi connectivity index (χ0n) is 18.2. The molecule has 1 aromatic carbocycles. The molecule has 1 saturated heterocycles. The maximum atomic E-state index is 13.5. The first kappa shape index (κ1) is 21.3. The molecule has 1 N–H and O–H groups in total. The van der Waals surface area contributed by atoms with E-state index < -0.39 is 0 Å². The molecule has 170 valence electrons. The number of hydrogen-bond acceptors (Lipinski definition) is 7. The second kappa shape index (κ2) is 9.11. The first-order valence-electron chi connectivity index (χ1n) is 10.8. The standard InChI is InChI=1S/C24H24N4O4S/c1-31-18-7-2-6-17(13-18)28-23(30)21-20(9-12-33-21)26-24(28)27-10-3-5-16(15-27)22(29)25-14-19-8-4-11-32-19/h2,4,6-9,11-13,16H,3,5,10,14-15H2,1H3,(H,25,29)/t16-/m1/s1. The van der Waals surface area contributed by atoms with Crippen LogP contribution in [0.5, 0.6) is 5.75 Å². The number of anilines is 1. The van der Waals surface area contributed by atoms with Crippen molar-refractivity contribution in [2.75, 3.05) is 25.1 Å². The molecule has 1 fully saturated rings. The largest absolute Gasteiger partial charge is 0.497 e. The van der Waals surface area contributed by atoms with Crippen molar-refractivity contribution in [3.8, 4) is 11.4 Å². The highest BCUT2D eigenvalue weighted by atomic mass is 32.1. The molecule has 0 radical (unpaired) electrons. The highest BCUT2D eigenvalue weighted by Crippen LogP contribution is 2.27. The van der Waals surface area contributed by atoms with Gasteiger partial charge in [-0.1, -0.05) is 6.07 Å². The summed E-state index contributed by atoms with van der Waals surface area (Å²) in [5, 5.41) is 4.84. The van der Waals surface area contributed by atoms with Crippen LogP contribution in [0.15, 0.2) is 63.3 Å². The van der Waals surface area contributed by atoms with Gasteiger partial charge >= 0.3 is 0 Å². The maximum absolute atomic E-state index is 13.5. The molecule has 8 nitrogen and oxygen atoms in total. The molecule has 5 rings (SSSR count). The van der Waals surface area contributed by atoms with Crippen LogP contribution < -0.4 is 20.5 Å². The molecule has 1 aliphatic rings. The maximum Gasteiger partial charge on any atom is 0.277 e. The Hall–Kier alpha value is -3.59. The molecule has 0 spiro atoms. The van der Waals surface area contributed by atoms with Crippen molar-refractivity contribution < 1.29 is 13.9 Å². The van der Waals surface area contributed by atoms with Gasteiger partial charge in [-0.3, -0.25) is 9.59 Å². The number of ether oxygens (including phenoxy) is 1. The lowest BCUT2D eigenvalue weighted by Gasteiger charge is -2.34. The summed E-state index contributed by atoms with van der Waals surface area (Å²) < 4.78 is 12.9. The van der Waals surface area contributed by atoms with E-state index in [9.17, 15) is 9.59 Å². The minimum atomic E-state index is -0.206. The second-order valence-electron chi connectivity index (χ2n) is 7.97. The van der Waals surface area contributed by atoms with Crippen LogP contribution in [-0.2, 0) is 11.3 Å². The van der Waals surface area contributed by atoms with Gasteiger partial charge in [0, 0.05) is 19.2 Å². The number of thiophene rings is 1. The minimum absolute atomic E-state index is 0.0250. The lowest BCUT2D eigenvalue weighted by atomic mass is 9.97. The Balaban J connectivity index is 1.48. The van der Waals surface area contributed by atoms with Crippen LogP contribution in [-0.4, -0.2) is 35.7 Å². The second-order valence-corrected chi connectivity index (χ2v) is 8.89. The van der Waals surface area contributed by atoms with Gasteiger partial charge in [-0.2, -0.15) is 0 Å². The highest BCUT2D eigenvalue weighted by Gasteiger charge is 2.29. The van der Waals surface area contributed by atoms with Crippen LogP contribution in [0, 0.1) is 5.92 Å². The Morgan fingerprint density at radius 2 is 2.21 bits per heavy atom. The Morgan fingerprint density at radius 3 is 3.03 bits per heavy atom. The number of nitrogens with one attached hydrogen (secondary N) is 1. The average molecular weight is 465 g/mol. The number of furan rings is 1. The van der Waals surface area contributed by atoms with Gasteiger partial charge < -0.3 is 19.4 Å². The Labute approximate surface area is 194 Å².